The van der Waals surface area contributed by atoms with Gasteiger partial charge in [0.2, 0.25) is 0 Å². The van der Waals surface area contributed by atoms with Gasteiger partial charge >= 0.3 is 0 Å². The van der Waals surface area contributed by atoms with Crippen molar-refractivity contribution < 1.29 is 32.7 Å². The molecular formula is C5H7N2Y-. The van der Waals surface area contributed by atoms with Gasteiger partial charge in [-0.2, -0.15) is 6.07 Å². The minimum absolute atomic E-state index is 0. The van der Waals surface area contributed by atoms with Gasteiger partial charge in [-0.05, 0) is 0 Å². The van der Waals surface area contributed by atoms with Gasteiger partial charge in [-0.1, -0.05) is 6.92 Å². The van der Waals surface area contributed by atoms with Crippen molar-refractivity contribution in [1.29, 1.82) is 0 Å². The van der Waals surface area contributed by atoms with Crippen molar-refractivity contribution in [2.24, 2.45) is 7.05 Å². The molecule has 0 fully saturated rings. The van der Waals surface area contributed by atoms with Crippen LogP contribution in [-0.2, 0) is 39.8 Å². The van der Waals surface area contributed by atoms with Crippen LogP contribution in [0.25, 0.3) is 0 Å². The van der Waals surface area contributed by atoms with Crippen LogP contribution in [0.15, 0.2) is 6.07 Å². The summed E-state index contributed by atoms with van der Waals surface area (Å²) in [6.07, 6.45) is 2.71. The summed E-state index contributed by atoms with van der Waals surface area (Å²) in [5.41, 5.74) is 1.14. The van der Waals surface area contributed by atoms with Crippen molar-refractivity contribution in [3.63, 3.8) is 0 Å². The van der Waals surface area contributed by atoms with E-state index in [9.17, 15) is 0 Å². The summed E-state index contributed by atoms with van der Waals surface area (Å²) >= 11 is 0. The fraction of sp³-hybridized carbons (Fsp3) is 0.400. The SMILES string of the molecule is Cc1c[c-]nn1C.[Y]. The van der Waals surface area contributed by atoms with Crippen LogP contribution >= 0.6 is 0 Å². The predicted molar refractivity (Wildman–Crippen MR) is 26.8 cm³/mol. The quantitative estimate of drug-likeness (QED) is 0.537. The van der Waals surface area contributed by atoms with E-state index in [1.165, 1.54) is 0 Å². The minimum Gasteiger partial charge on any atom is -0.369 e. The van der Waals surface area contributed by atoms with Crippen LogP contribution in [0.3, 0.4) is 0 Å². The molecule has 41 valence electrons. The molecule has 0 N–H and O–H groups in total. The molecule has 0 amide bonds. The van der Waals surface area contributed by atoms with E-state index in [1.54, 1.807) is 4.68 Å². The summed E-state index contributed by atoms with van der Waals surface area (Å²) in [5.74, 6) is 0. The van der Waals surface area contributed by atoms with E-state index in [4.69, 9.17) is 0 Å². The molecule has 0 atom stereocenters. The van der Waals surface area contributed by atoms with Crippen molar-refractivity contribution in [3.05, 3.63) is 18.0 Å². The Kier molecular flexibility index (Phi) is 3.49. The molecule has 0 aromatic carbocycles. The van der Waals surface area contributed by atoms with E-state index in [-0.39, 0.29) is 32.7 Å². The largest absolute Gasteiger partial charge is 0.369 e. The summed E-state index contributed by atoms with van der Waals surface area (Å²) in [6, 6.07) is 1.85. The van der Waals surface area contributed by atoms with Gasteiger partial charge in [-0.15, -0.1) is 11.9 Å². The molecule has 0 aliphatic carbocycles. The Labute approximate surface area is 74.2 Å². The molecule has 0 saturated carbocycles. The molecule has 3 heteroatoms. The van der Waals surface area contributed by atoms with Crippen molar-refractivity contribution in [3.8, 4) is 0 Å². The number of hydrogen-bond donors (Lipinski definition) is 0. The molecule has 0 saturated heterocycles. The van der Waals surface area contributed by atoms with Crippen LogP contribution < -0.4 is 0 Å². The summed E-state index contributed by atoms with van der Waals surface area (Å²) in [5, 5.41) is 3.81. The fourth-order valence-electron chi connectivity index (χ4n) is 0.381. The Bertz CT molecular complexity index is 143. The van der Waals surface area contributed by atoms with E-state index >= 15 is 0 Å². The third kappa shape index (κ3) is 1.68. The van der Waals surface area contributed by atoms with Crippen LogP contribution in [0, 0.1) is 13.1 Å². The Morgan fingerprint density at radius 3 is 2.50 bits per heavy atom. The van der Waals surface area contributed by atoms with Gasteiger partial charge in [0.25, 0.3) is 0 Å². The molecular weight excluding hydrogens is 177 g/mol. The Morgan fingerprint density at radius 2 is 2.38 bits per heavy atom. The van der Waals surface area contributed by atoms with Gasteiger partial charge in [0.15, 0.2) is 0 Å². The smallest absolute Gasteiger partial charge is 0.00896 e. The second-order valence-corrected chi connectivity index (χ2v) is 1.54. The zero-order chi connectivity index (χ0) is 5.28. The number of aromatic nitrogens is 2. The van der Waals surface area contributed by atoms with Gasteiger partial charge < -0.3 is 9.78 Å². The van der Waals surface area contributed by atoms with Crippen molar-refractivity contribution >= 4 is 0 Å². The molecule has 1 heterocycles. The number of hydrogen-bond acceptors (Lipinski definition) is 1. The molecule has 0 aliphatic heterocycles. The number of aryl methyl sites for hydroxylation is 2. The van der Waals surface area contributed by atoms with Crippen molar-refractivity contribution in [2.75, 3.05) is 0 Å². The first-order valence-corrected chi connectivity index (χ1v) is 2.17. The summed E-state index contributed by atoms with van der Waals surface area (Å²) < 4.78 is 1.78. The van der Waals surface area contributed by atoms with Crippen molar-refractivity contribution in [2.45, 2.75) is 6.92 Å². The molecule has 1 aromatic heterocycles. The summed E-state index contributed by atoms with van der Waals surface area (Å²) in [6.45, 7) is 1.99. The van der Waals surface area contributed by atoms with Crippen LogP contribution in [0.4, 0.5) is 0 Å². The van der Waals surface area contributed by atoms with Crippen LogP contribution in [0.2, 0.25) is 0 Å². The first-order chi connectivity index (χ1) is 3.30. The molecule has 0 aliphatic rings. The van der Waals surface area contributed by atoms with E-state index in [2.05, 4.69) is 11.3 Å². The molecule has 1 radical (unpaired) electrons. The molecule has 8 heavy (non-hydrogen) atoms. The monoisotopic (exact) mass is 184 g/mol. The van der Waals surface area contributed by atoms with Gasteiger partial charge in [0.05, 0.1) is 0 Å². The Balaban J connectivity index is 0.000000490. The first-order valence-electron chi connectivity index (χ1n) is 2.17. The van der Waals surface area contributed by atoms with Gasteiger partial charge in [-0.3, -0.25) is 0 Å². The fourth-order valence-corrected chi connectivity index (χ4v) is 0.381. The van der Waals surface area contributed by atoms with Gasteiger partial charge in [0.1, 0.15) is 0 Å². The maximum absolute atomic E-state index is 3.81. The topological polar surface area (TPSA) is 17.8 Å². The Hall–Kier alpha value is 0.314. The summed E-state index contributed by atoms with van der Waals surface area (Å²) in [4.78, 5) is 0. The van der Waals surface area contributed by atoms with Crippen LogP contribution in [-0.4, -0.2) is 9.78 Å². The Morgan fingerprint density at radius 1 is 1.75 bits per heavy atom. The average molecular weight is 184 g/mol. The van der Waals surface area contributed by atoms with Gasteiger partial charge in [0, 0.05) is 39.8 Å². The summed E-state index contributed by atoms with van der Waals surface area (Å²) in [7, 11) is 1.89. The zero-order valence-electron chi connectivity index (χ0n) is 5.05. The molecule has 1 aromatic rings. The van der Waals surface area contributed by atoms with E-state index < -0.39 is 0 Å². The van der Waals surface area contributed by atoms with Crippen molar-refractivity contribution in [1.82, 2.24) is 9.78 Å². The molecule has 0 spiro atoms. The third-order valence-electron chi connectivity index (χ3n) is 0.992. The first kappa shape index (κ1) is 8.31. The molecule has 2 nitrogen and oxygen atoms in total. The van der Waals surface area contributed by atoms with Crippen LogP contribution in [0.1, 0.15) is 5.69 Å². The maximum atomic E-state index is 3.81. The predicted octanol–water partition coefficient (Wildman–Crippen LogP) is 0.526. The standard InChI is InChI=1S/C5H7N2.Y/c1-5-3-4-6-7(5)2;/h3H,1-2H3;/q-1;. The molecule has 0 bridgehead atoms. The van der Waals surface area contributed by atoms with E-state index in [0.717, 1.165) is 5.69 Å². The molecule has 1 rings (SSSR count). The van der Waals surface area contributed by atoms with E-state index in [0.29, 0.717) is 0 Å². The third-order valence-corrected chi connectivity index (χ3v) is 0.992. The number of rotatable bonds is 0. The minimum atomic E-state index is 0. The average Bonchev–Trinajstić information content (AvgIpc) is 1.91. The van der Waals surface area contributed by atoms with Crippen LogP contribution in [0.5, 0.6) is 0 Å². The number of nitrogens with zero attached hydrogens (tertiary/aromatic N) is 2. The second-order valence-electron chi connectivity index (χ2n) is 1.54. The normalized spacial score (nSPS) is 8.25. The maximum Gasteiger partial charge on any atom is 0.00896 e. The second kappa shape index (κ2) is 3.36. The zero-order valence-corrected chi connectivity index (χ0v) is 7.89. The van der Waals surface area contributed by atoms with Gasteiger partial charge in [-0.25, -0.2) is 0 Å². The molecule has 0 unspecified atom stereocenters. The van der Waals surface area contributed by atoms with E-state index in [1.807, 2.05) is 20.0 Å².